The first-order valence-corrected chi connectivity index (χ1v) is 4.73. The summed E-state index contributed by atoms with van der Waals surface area (Å²) in [7, 11) is 0. The first kappa shape index (κ1) is 9.21. The van der Waals surface area contributed by atoms with E-state index in [-0.39, 0.29) is 11.9 Å². The second-order valence-electron chi connectivity index (χ2n) is 3.46. The van der Waals surface area contributed by atoms with E-state index in [1.165, 1.54) is 0 Å². The predicted octanol–water partition coefficient (Wildman–Crippen LogP) is 0.674. The molecule has 1 saturated heterocycles. The number of nitrogens with zero attached hydrogens (tertiary/aromatic N) is 1. The first-order chi connectivity index (χ1) is 6.75. The number of rotatable bonds is 2. The van der Waals surface area contributed by atoms with Gasteiger partial charge in [0, 0.05) is 6.07 Å². The fourth-order valence-electron chi connectivity index (χ4n) is 1.55. The summed E-state index contributed by atoms with van der Waals surface area (Å²) in [5.41, 5.74) is 0. The minimum absolute atomic E-state index is 0.0317. The van der Waals surface area contributed by atoms with Crippen molar-refractivity contribution in [2.24, 2.45) is 0 Å². The molecule has 76 valence electrons. The van der Waals surface area contributed by atoms with Crippen LogP contribution >= 0.6 is 0 Å². The Kier molecular flexibility index (Phi) is 2.49. The van der Waals surface area contributed by atoms with Crippen molar-refractivity contribution in [2.75, 3.05) is 11.9 Å². The second-order valence-corrected chi connectivity index (χ2v) is 3.46. The van der Waals surface area contributed by atoms with E-state index in [1.54, 1.807) is 13.0 Å². The molecule has 0 saturated carbocycles. The van der Waals surface area contributed by atoms with Crippen LogP contribution in [0.4, 0.5) is 5.82 Å². The van der Waals surface area contributed by atoms with Crippen molar-refractivity contribution in [3.8, 4) is 0 Å². The topological polar surface area (TPSA) is 67.2 Å². The molecule has 5 heteroatoms. The summed E-state index contributed by atoms with van der Waals surface area (Å²) < 4.78 is 4.84. The number of hydrogen-bond acceptors (Lipinski definition) is 4. The van der Waals surface area contributed by atoms with E-state index in [4.69, 9.17) is 4.52 Å². The smallest absolute Gasteiger partial charge is 0.242 e. The molecule has 5 nitrogen and oxygen atoms in total. The average molecular weight is 195 g/mol. The van der Waals surface area contributed by atoms with Crippen molar-refractivity contribution < 1.29 is 9.32 Å². The summed E-state index contributed by atoms with van der Waals surface area (Å²) in [4.78, 5) is 11.6. The van der Waals surface area contributed by atoms with Gasteiger partial charge in [0.1, 0.15) is 5.76 Å². The Morgan fingerprint density at radius 3 is 3.21 bits per heavy atom. The molecule has 0 bridgehead atoms. The van der Waals surface area contributed by atoms with Gasteiger partial charge in [0.25, 0.3) is 0 Å². The lowest BCUT2D eigenvalue weighted by atomic mass is 10.2. The normalized spacial score (nSPS) is 21.1. The number of carbonyl (C=O) groups excluding carboxylic acids is 1. The first-order valence-electron chi connectivity index (χ1n) is 4.73. The van der Waals surface area contributed by atoms with E-state index in [0.717, 1.165) is 19.4 Å². The van der Waals surface area contributed by atoms with Gasteiger partial charge in [-0.3, -0.25) is 4.79 Å². The highest BCUT2D eigenvalue weighted by molar-refractivity contribution is 5.94. The molecule has 0 spiro atoms. The summed E-state index contributed by atoms with van der Waals surface area (Å²) in [6.45, 7) is 2.70. The molecule has 1 aromatic rings. The van der Waals surface area contributed by atoms with Crippen LogP contribution in [0.25, 0.3) is 0 Å². The molecule has 1 fully saturated rings. The van der Waals surface area contributed by atoms with Crippen LogP contribution in [-0.4, -0.2) is 23.7 Å². The molecular formula is C9H13N3O2. The van der Waals surface area contributed by atoms with Crippen LogP contribution in [0.15, 0.2) is 10.6 Å². The van der Waals surface area contributed by atoms with Crippen LogP contribution in [0.5, 0.6) is 0 Å². The third-order valence-corrected chi connectivity index (χ3v) is 2.26. The van der Waals surface area contributed by atoms with E-state index in [1.807, 2.05) is 0 Å². The van der Waals surface area contributed by atoms with Gasteiger partial charge < -0.3 is 15.2 Å². The molecule has 14 heavy (non-hydrogen) atoms. The monoisotopic (exact) mass is 195 g/mol. The third-order valence-electron chi connectivity index (χ3n) is 2.26. The van der Waals surface area contributed by atoms with Gasteiger partial charge in [0.2, 0.25) is 5.91 Å². The summed E-state index contributed by atoms with van der Waals surface area (Å²) >= 11 is 0. The van der Waals surface area contributed by atoms with E-state index < -0.39 is 0 Å². The van der Waals surface area contributed by atoms with Gasteiger partial charge in [-0.15, -0.1) is 0 Å². The van der Waals surface area contributed by atoms with E-state index in [0.29, 0.717) is 11.6 Å². The molecule has 1 unspecified atom stereocenters. The highest BCUT2D eigenvalue weighted by Crippen LogP contribution is 2.10. The van der Waals surface area contributed by atoms with Gasteiger partial charge in [0.05, 0.1) is 6.04 Å². The molecular weight excluding hydrogens is 182 g/mol. The van der Waals surface area contributed by atoms with Gasteiger partial charge in [0.15, 0.2) is 5.82 Å². The summed E-state index contributed by atoms with van der Waals surface area (Å²) in [6.07, 6.45) is 1.94. The predicted molar refractivity (Wildman–Crippen MR) is 50.9 cm³/mol. The van der Waals surface area contributed by atoms with Crippen LogP contribution in [-0.2, 0) is 4.79 Å². The number of aryl methyl sites for hydroxylation is 1. The molecule has 1 amide bonds. The van der Waals surface area contributed by atoms with E-state index >= 15 is 0 Å². The highest BCUT2D eigenvalue weighted by Gasteiger charge is 2.22. The largest absolute Gasteiger partial charge is 0.360 e. The number of aromatic nitrogens is 1. The number of nitrogens with one attached hydrogen (secondary N) is 2. The minimum Gasteiger partial charge on any atom is -0.360 e. The third kappa shape index (κ3) is 1.93. The zero-order valence-electron chi connectivity index (χ0n) is 8.04. The minimum atomic E-state index is -0.0768. The lowest BCUT2D eigenvalue weighted by Gasteiger charge is -2.07. The summed E-state index contributed by atoms with van der Waals surface area (Å²) in [6, 6.07) is 1.62. The van der Waals surface area contributed by atoms with Crippen molar-refractivity contribution in [3.63, 3.8) is 0 Å². The van der Waals surface area contributed by atoms with E-state index in [2.05, 4.69) is 15.8 Å². The van der Waals surface area contributed by atoms with Crippen LogP contribution in [0.1, 0.15) is 18.6 Å². The van der Waals surface area contributed by atoms with Crippen molar-refractivity contribution in [1.82, 2.24) is 10.5 Å². The maximum absolute atomic E-state index is 11.6. The molecule has 0 radical (unpaired) electrons. The maximum atomic E-state index is 11.6. The molecule has 2 heterocycles. The quantitative estimate of drug-likeness (QED) is 0.728. The molecule has 1 aliphatic heterocycles. The van der Waals surface area contributed by atoms with Gasteiger partial charge in [-0.25, -0.2) is 0 Å². The Labute approximate surface area is 81.8 Å². The molecule has 1 atom stereocenters. The maximum Gasteiger partial charge on any atom is 0.242 e. The summed E-state index contributed by atoms with van der Waals surface area (Å²) in [5, 5.41) is 9.50. The van der Waals surface area contributed by atoms with Gasteiger partial charge >= 0.3 is 0 Å². The van der Waals surface area contributed by atoms with Crippen molar-refractivity contribution in [2.45, 2.75) is 25.8 Å². The highest BCUT2D eigenvalue weighted by atomic mass is 16.5. The number of hydrogen-bond donors (Lipinski definition) is 2. The molecule has 1 aromatic heterocycles. The van der Waals surface area contributed by atoms with E-state index in [9.17, 15) is 4.79 Å². The van der Waals surface area contributed by atoms with Crippen LogP contribution < -0.4 is 10.6 Å². The Bertz CT molecular complexity index is 329. The van der Waals surface area contributed by atoms with Crippen LogP contribution in [0, 0.1) is 6.92 Å². The van der Waals surface area contributed by atoms with Crippen molar-refractivity contribution in [3.05, 3.63) is 11.8 Å². The molecule has 0 aliphatic carbocycles. The zero-order valence-corrected chi connectivity index (χ0v) is 8.04. The Balaban J connectivity index is 1.93. The Morgan fingerprint density at radius 2 is 2.64 bits per heavy atom. The SMILES string of the molecule is Cc1cc(NC(=O)C2CCCN2)no1. The number of amides is 1. The zero-order chi connectivity index (χ0) is 9.97. The van der Waals surface area contributed by atoms with Crippen molar-refractivity contribution >= 4 is 11.7 Å². The van der Waals surface area contributed by atoms with Gasteiger partial charge in [-0.1, -0.05) is 5.16 Å². The number of anilines is 1. The molecule has 2 rings (SSSR count). The Morgan fingerprint density at radius 1 is 1.79 bits per heavy atom. The van der Waals surface area contributed by atoms with Crippen LogP contribution in [0.3, 0.4) is 0 Å². The second kappa shape index (κ2) is 3.79. The molecule has 2 N–H and O–H groups in total. The fourth-order valence-corrected chi connectivity index (χ4v) is 1.55. The standard InChI is InChI=1S/C9H13N3O2/c1-6-5-8(12-14-6)11-9(13)7-3-2-4-10-7/h5,7,10H,2-4H2,1H3,(H,11,12,13). The van der Waals surface area contributed by atoms with Crippen LogP contribution in [0.2, 0.25) is 0 Å². The van der Waals surface area contributed by atoms with Crippen molar-refractivity contribution in [1.29, 1.82) is 0 Å². The average Bonchev–Trinajstić information content (AvgIpc) is 2.75. The summed E-state index contributed by atoms with van der Waals surface area (Å²) in [5.74, 6) is 1.15. The lowest BCUT2D eigenvalue weighted by Crippen LogP contribution is -2.35. The molecule has 1 aliphatic rings. The van der Waals surface area contributed by atoms with Gasteiger partial charge in [-0.2, -0.15) is 0 Å². The lowest BCUT2D eigenvalue weighted by molar-refractivity contribution is -0.117. The molecule has 0 aromatic carbocycles. The fraction of sp³-hybridized carbons (Fsp3) is 0.556. The Hall–Kier alpha value is -1.36. The van der Waals surface area contributed by atoms with Gasteiger partial charge in [-0.05, 0) is 26.3 Å². The number of carbonyl (C=O) groups is 1.